The van der Waals surface area contributed by atoms with Crippen LogP contribution in [0.1, 0.15) is 22.3 Å². The van der Waals surface area contributed by atoms with Crippen LogP contribution in [0.25, 0.3) is 60.7 Å². The Balaban J connectivity index is 1.39. The molecule has 0 amide bonds. The third kappa shape index (κ3) is 2.11. The molecule has 162 valence electrons. The van der Waals surface area contributed by atoms with Gasteiger partial charge in [-0.05, 0) is 87.0 Å². The first-order valence-electron chi connectivity index (χ1n) is 12.0. The number of hydrogen-bond acceptors (Lipinski definition) is 3. The molecule has 0 radical (unpaired) electrons. The Morgan fingerprint density at radius 3 is 2.43 bits per heavy atom. The van der Waals surface area contributed by atoms with E-state index in [0.29, 0.717) is 0 Å². The lowest BCUT2D eigenvalue weighted by Gasteiger charge is -2.12. The third-order valence-electron chi connectivity index (χ3n) is 8.04. The van der Waals surface area contributed by atoms with E-state index >= 15 is 0 Å². The highest BCUT2D eigenvalue weighted by atomic mass is 15.1. The van der Waals surface area contributed by atoms with Gasteiger partial charge in [0.1, 0.15) is 5.65 Å². The fourth-order valence-corrected chi connectivity index (χ4v) is 6.60. The Hall–Kier alpha value is -4.57. The zero-order valence-electron chi connectivity index (χ0n) is 18.8. The summed E-state index contributed by atoms with van der Waals surface area (Å²) in [7, 11) is 0. The third-order valence-corrected chi connectivity index (χ3v) is 8.04. The van der Waals surface area contributed by atoms with Crippen molar-refractivity contribution in [1.29, 1.82) is 0 Å². The summed E-state index contributed by atoms with van der Waals surface area (Å²) in [6, 6.07) is 24.3. The van der Waals surface area contributed by atoms with Gasteiger partial charge in [-0.25, -0.2) is 9.97 Å². The predicted octanol–water partition coefficient (Wildman–Crippen LogP) is 6.73. The van der Waals surface area contributed by atoms with Crippen LogP contribution >= 0.6 is 0 Å². The largest absolute Gasteiger partial charge is 0.288 e. The van der Waals surface area contributed by atoms with Gasteiger partial charge in [0, 0.05) is 23.2 Å². The summed E-state index contributed by atoms with van der Waals surface area (Å²) in [5.74, 6) is 0. The maximum atomic E-state index is 4.98. The van der Waals surface area contributed by atoms with E-state index in [1.807, 2.05) is 24.7 Å². The molecule has 0 saturated heterocycles. The van der Waals surface area contributed by atoms with Crippen LogP contribution in [0.2, 0.25) is 0 Å². The standard InChI is InChI=1S/C31H18N4/c1-2-5-18-17(4-1)14-24-19(18)7-8-20-21-9-10-23-29(26(21)15-25(20)24)22-11-13-32-16-28(22)35-27-6-3-12-33-30(27)34-31(23)35/h1-13,16H,14-15H2. The van der Waals surface area contributed by atoms with Crippen LogP contribution in [-0.2, 0) is 12.8 Å². The summed E-state index contributed by atoms with van der Waals surface area (Å²) in [6.07, 6.45) is 7.65. The number of benzene rings is 3. The Kier molecular flexibility index (Phi) is 3.11. The molecule has 4 heterocycles. The number of fused-ring (bicyclic) bond motifs is 16. The van der Waals surface area contributed by atoms with Crippen molar-refractivity contribution in [3.8, 4) is 22.3 Å². The van der Waals surface area contributed by atoms with Crippen LogP contribution in [0.4, 0.5) is 0 Å². The first kappa shape index (κ1) is 17.8. The molecular formula is C31H18N4. The minimum absolute atomic E-state index is 0.768. The zero-order valence-corrected chi connectivity index (χ0v) is 18.8. The minimum atomic E-state index is 0.768. The monoisotopic (exact) mass is 446 g/mol. The fourth-order valence-electron chi connectivity index (χ4n) is 6.60. The van der Waals surface area contributed by atoms with Gasteiger partial charge < -0.3 is 0 Å². The highest BCUT2D eigenvalue weighted by Gasteiger charge is 2.29. The Bertz CT molecular complexity index is 2070. The topological polar surface area (TPSA) is 43.1 Å². The molecule has 2 aliphatic carbocycles. The van der Waals surface area contributed by atoms with Gasteiger partial charge in [-0.3, -0.25) is 9.38 Å². The fraction of sp³-hybridized carbons (Fsp3) is 0.0645. The number of rotatable bonds is 0. The van der Waals surface area contributed by atoms with Crippen LogP contribution in [0.3, 0.4) is 0 Å². The van der Waals surface area contributed by atoms with E-state index in [4.69, 9.17) is 4.98 Å². The van der Waals surface area contributed by atoms with Crippen LogP contribution in [0, 0.1) is 0 Å². The van der Waals surface area contributed by atoms with E-state index in [0.717, 1.165) is 35.2 Å². The lowest BCUT2D eigenvalue weighted by Crippen LogP contribution is -1.95. The molecule has 9 rings (SSSR count). The molecule has 3 aromatic carbocycles. The maximum absolute atomic E-state index is 4.98. The number of nitrogens with zero attached hydrogens (tertiary/aromatic N) is 4. The number of aromatic nitrogens is 4. The van der Waals surface area contributed by atoms with Crippen LogP contribution in [0.5, 0.6) is 0 Å². The molecule has 4 heteroatoms. The Morgan fingerprint density at radius 2 is 1.46 bits per heavy atom. The van der Waals surface area contributed by atoms with E-state index < -0.39 is 0 Å². The van der Waals surface area contributed by atoms with E-state index in [1.54, 1.807) is 0 Å². The van der Waals surface area contributed by atoms with Crippen molar-refractivity contribution < 1.29 is 0 Å². The van der Waals surface area contributed by atoms with Gasteiger partial charge in [-0.15, -0.1) is 0 Å². The van der Waals surface area contributed by atoms with Crippen molar-refractivity contribution in [1.82, 2.24) is 19.4 Å². The van der Waals surface area contributed by atoms with Crippen molar-refractivity contribution in [2.45, 2.75) is 12.8 Å². The number of pyridine rings is 3. The molecule has 0 bridgehead atoms. The van der Waals surface area contributed by atoms with Crippen LogP contribution in [0.15, 0.2) is 85.3 Å². The van der Waals surface area contributed by atoms with Crippen LogP contribution in [-0.4, -0.2) is 19.4 Å². The first-order chi connectivity index (χ1) is 17.4. The normalized spacial score (nSPS) is 13.5. The van der Waals surface area contributed by atoms with E-state index in [2.05, 4.69) is 75.0 Å². The molecule has 0 unspecified atom stereocenters. The molecule has 0 atom stereocenters. The smallest absolute Gasteiger partial charge is 0.178 e. The summed E-state index contributed by atoms with van der Waals surface area (Å²) in [6.45, 7) is 0. The summed E-state index contributed by atoms with van der Waals surface area (Å²) in [5.41, 5.74) is 15.2. The second kappa shape index (κ2) is 6.10. The van der Waals surface area contributed by atoms with Gasteiger partial charge in [0.25, 0.3) is 0 Å². The second-order valence-corrected chi connectivity index (χ2v) is 9.65. The first-order valence-corrected chi connectivity index (χ1v) is 12.0. The van der Waals surface area contributed by atoms with Crippen LogP contribution < -0.4 is 0 Å². The summed E-state index contributed by atoms with van der Waals surface area (Å²) >= 11 is 0. The van der Waals surface area contributed by atoms with Crippen molar-refractivity contribution in [2.75, 3.05) is 0 Å². The predicted molar refractivity (Wildman–Crippen MR) is 140 cm³/mol. The lowest BCUT2D eigenvalue weighted by molar-refractivity contribution is 1.17. The molecule has 0 N–H and O–H groups in total. The highest BCUT2D eigenvalue weighted by molar-refractivity contribution is 6.17. The van der Waals surface area contributed by atoms with Gasteiger partial charge in [0.15, 0.2) is 5.65 Å². The minimum Gasteiger partial charge on any atom is -0.288 e. The van der Waals surface area contributed by atoms with Crippen molar-refractivity contribution >= 4 is 38.5 Å². The van der Waals surface area contributed by atoms with E-state index in [9.17, 15) is 0 Å². The van der Waals surface area contributed by atoms with E-state index in [1.165, 1.54) is 60.7 Å². The molecule has 0 fully saturated rings. The van der Waals surface area contributed by atoms with Crippen molar-refractivity contribution in [2.24, 2.45) is 0 Å². The van der Waals surface area contributed by atoms with Crippen molar-refractivity contribution in [3.05, 3.63) is 108 Å². The summed E-state index contributed by atoms with van der Waals surface area (Å²) in [5, 5.41) is 3.69. The summed E-state index contributed by atoms with van der Waals surface area (Å²) in [4.78, 5) is 14.0. The molecule has 0 spiro atoms. The SMILES string of the molecule is c1ccc2c(c1)Cc1c-2ccc2c1Cc1c-2ccc2c1c1ccncc1n1c3cccnc3nc21. The molecule has 0 aliphatic heterocycles. The van der Waals surface area contributed by atoms with Gasteiger partial charge >= 0.3 is 0 Å². The molecule has 2 aliphatic rings. The zero-order chi connectivity index (χ0) is 22.7. The Morgan fingerprint density at radius 1 is 0.629 bits per heavy atom. The maximum Gasteiger partial charge on any atom is 0.178 e. The average Bonchev–Trinajstić information content (AvgIpc) is 3.59. The quantitative estimate of drug-likeness (QED) is 0.243. The summed E-state index contributed by atoms with van der Waals surface area (Å²) < 4.78 is 2.22. The lowest BCUT2D eigenvalue weighted by atomic mass is 9.96. The van der Waals surface area contributed by atoms with Gasteiger partial charge in [-0.1, -0.05) is 42.5 Å². The second-order valence-electron chi connectivity index (χ2n) is 9.65. The Labute approximate surface area is 200 Å². The molecular weight excluding hydrogens is 428 g/mol. The van der Waals surface area contributed by atoms with Gasteiger partial charge in [0.2, 0.25) is 0 Å². The van der Waals surface area contributed by atoms with E-state index in [-0.39, 0.29) is 0 Å². The van der Waals surface area contributed by atoms with Gasteiger partial charge in [-0.2, -0.15) is 0 Å². The molecule has 0 saturated carbocycles. The molecule has 35 heavy (non-hydrogen) atoms. The number of hydrogen-bond donors (Lipinski definition) is 0. The van der Waals surface area contributed by atoms with Gasteiger partial charge in [0.05, 0.1) is 17.2 Å². The molecule has 4 nitrogen and oxygen atoms in total. The molecule has 7 aromatic rings. The average molecular weight is 447 g/mol. The number of imidazole rings is 1. The van der Waals surface area contributed by atoms with Crippen molar-refractivity contribution in [3.63, 3.8) is 0 Å². The highest BCUT2D eigenvalue weighted by Crippen LogP contribution is 2.49. The molecule has 4 aromatic heterocycles.